The van der Waals surface area contributed by atoms with Gasteiger partial charge in [-0.3, -0.25) is 4.79 Å². The lowest BCUT2D eigenvalue weighted by Gasteiger charge is -2.27. The van der Waals surface area contributed by atoms with E-state index in [4.69, 9.17) is 21.4 Å². The number of hydrogen-bond donors (Lipinski definition) is 1. The van der Waals surface area contributed by atoms with Gasteiger partial charge in [0.15, 0.2) is 11.0 Å². The second-order valence-electron chi connectivity index (χ2n) is 8.57. The molecule has 0 saturated carbocycles. The molecule has 0 unspecified atom stereocenters. The summed E-state index contributed by atoms with van der Waals surface area (Å²) in [6.07, 6.45) is 2.44. The van der Waals surface area contributed by atoms with Gasteiger partial charge in [-0.2, -0.15) is 5.10 Å². The van der Waals surface area contributed by atoms with E-state index in [1.165, 1.54) is 5.56 Å². The van der Waals surface area contributed by atoms with Gasteiger partial charge in [-0.15, -0.1) is 10.2 Å². The normalized spacial score (nSPS) is 13.6. The molecule has 4 heterocycles. The van der Waals surface area contributed by atoms with Crippen LogP contribution in [0, 0.1) is 6.92 Å². The van der Waals surface area contributed by atoms with Crippen LogP contribution in [0.3, 0.4) is 0 Å². The fourth-order valence-corrected chi connectivity index (χ4v) is 4.08. The van der Waals surface area contributed by atoms with Crippen LogP contribution in [0.4, 0.5) is 11.5 Å². The number of halogens is 1. The van der Waals surface area contributed by atoms with E-state index in [1.54, 1.807) is 23.0 Å². The average molecular weight is 504 g/mol. The van der Waals surface area contributed by atoms with Crippen LogP contribution in [0.25, 0.3) is 17.1 Å². The Morgan fingerprint density at radius 2 is 1.81 bits per heavy atom. The van der Waals surface area contributed by atoms with Gasteiger partial charge >= 0.3 is 0 Å². The minimum absolute atomic E-state index is 0.103. The lowest BCUT2D eigenvalue weighted by Crippen LogP contribution is -2.36. The highest BCUT2D eigenvalue weighted by molar-refractivity contribution is 6.29. The monoisotopic (exact) mass is 503 g/mol. The van der Waals surface area contributed by atoms with Crippen molar-refractivity contribution < 1.29 is 9.53 Å². The van der Waals surface area contributed by atoms with Crippen molar-refractivity contribution in [3.8, 4) is 17.1 Å². The van der Waals surface area contributed by atoms with Crippen molar-refractivity contribution in [2.45, 2.75) is 19.8 Å². The Labute approximate surface area is 214 Å². The van der Waals surface area contributed by atoms with Gasteiger partial charge in [-0.05, 0) is 37.3 Å². The SMILES string of the molecule is Cc1ccc(-c2cc(CCC(=O)Nc3ccc(N4CCOCC4)nc3)nn2-c2ccc(Cl)nn2)cc1. The van der Waals surface area contributed by atoms with E-state index >= 15 is 0 Å². The molecule has 0 aliphatic carbocycles. The standard InChI is InChI=1S/C26H26ClN7O2/c1-18-2-4-19(5-3-18)22-16-20(32-34(22)25-10-8-23(27)30-31-25)7-11-26(35)29-21-6-9-24(28-17-21)33-12-14-36-15-13-33/h2-6,8-10,16-17H,7,11-15H2,1H3,(H,29,35). The summed E-state index contributed by atoms with van der Waals surface area (Å²) in [5.41, 5.74) is 4.47. The summed E-state index contributed by atoms with van der Waals surface area (Å²) in [4.78, 5) is 19.3. The third-order valence-electron chi connectivity index (χ3n) is 5.92. The van der Waals surface area contributed by atoms with Crippen molar-refractivity contribution >= 4 is 29.0 Å². The average Bonchev–Trinajstić information content (AvgIpc) is 3.34. The second kappa shape index (κ2) is 10.8. The maximum absolute atomic E-state index is 12.6. The van der Waals surface area contributed by atoms with Crippen molar-refractivity contribution in [3.05, 3.63) is 77.2 Å². The number of nitrogens with one attached hydrogen (secondary N) is 1. The van der Waals surface area contributed by atoms with Gasteiger partial charge in [0.25, 0.3) is 0 Å². The van der Waals surface area contributed by atoms with Crippen molar-refractivity contribution in [1.29, 1.82) is 0 Å². The van der Waals surface area contributed by atoms with Crippen LogP contribution < -0.4 is 10.2 Å². The van der Waals surface area contributed by atoms with Gasteiger partial charge < -0.3 is 15.0 Å². The van der Waals surface area contributed by atoms with Crippen LogP contribution >= 0.6 is 11.6 Å². The van der Waals surface area contributed by atoms with E-state index in [0.717, 1.165) is 35.9 Å². The molecule has 9 nitrogen and oxygen atoms in total. The number of pyridine rings is 1. The zero-order valence-electron chi connectivity index (χ0n) is 19.9. The summed E-state index contributed by atoms with van der Waals surface area (Å²) >= 11 is 5.92. The first-order chi connectivity index (χ1) is 17.5. The summed E-state index contributed by atoms with van der Waals surface area (Å²) in [6.45, 7) is 5.08. The number of carbonyl (C=O) groups excluding carboxylic acids is 1. The van der Waals surface area contributed by atoms with Crippen LogP contribution in [0.1, 0.15) is 17.7 Å². The molecule has 36 heavy (non-hydrogen) atoms. The number of hydrogen-bond acceptors (Lipinski definition) is 7. The molecule has 1 fully saturated rings. The molecular formula is C26H26ClN7O2. The van der Waals surface area contributed by atoms with Crippen molar-refractivity contribution in [1.82, 2.24) is 25.0 Å². The molecule has 1 aromatic carbocycles. The maximum atomic E-state index is 12.6. The highest BCUT2D eigenvalue weighted by atomic mass is 35.5. The summed E-state index contributed by atoms with van der Waals surface area (Å²) in [6, 6.07) is 17.4. The molecule has 1 amide bonds. The van der Waals surface area contributed by atoms with Gasteiger partial charge in [0.05, 0.1) is 36.5 Å². The van der Waals surface area contributed by atoms with Gasteiger partial charge in [0, 0.05) is 31.5 Å². The van der Waals surface area contributed by atoms with E-state index in [0.29, 0.717) is 36.3 Å². The molecule has 3 aromatic heterocycles. The Bertz CT molecular complexity index is 1250. The second-order valence-corrected chi connectivity index (χ2v) is 8.95. The van der Waals surface area contributed by atoms with E-state index in [2.05, 4.69) is 25.4 Å². The quantitative estimate of drug-likeness (QED) is 0.405. The fraction of sp³-hybridized carbons (Fsp3) is 0.269. The van der Waals surface area contributed by atoms with Gasteiger partial charge in [0.2, 0.25) is 5.91 Å². The number of morpholine rings is 1. The molecule has 1 N–H and O–H groups in total. The van der Waals surface area contributed by atoms with Gasteiger partial charge in [-0.25, -0.2) is 9.67 Å². The Balaban J connectivity index is 1.27. The lowest BCUT2D eigenvalue weighted by molar-refractivity contribution is -0.116. The number of aryl methyl sites for hydroxylation is 2. The fourth-order valence-electron chi connectivity index (χ4n) is 3.98. The number of aromatic nitrogens is 5. The topological polar surface area (TPSA) is 98.1 Å². The van der Waals surface area contributed by atoms with Crippen LogP contribution in [0.5, 0.6) is 0 Å². The Hall–Kier alpha value is -3.82. The molecule has 5 rings (SSSR count). The molecule has 0 bridgehead atoms. The van der Waals surface area contributed by atoms with E-state index < -0.39 is 0 Å². The summed E-state index contributed by atoms with van der Waals surface area (Å²) in [5.74, 6) is 1.33. The number of ether oxygens (including phenoxy) is 1. The minimum Gasteiger partial charge on any atom is -0.378 e. The van der Waals surface area contributed by atoms with Crippen LogP contribution in [-0.4, -0.2) is 57.2 Å². The van der Waals surface area contributed by atoms with Crippen molar-refractivity contribution in [2.75, 3.05) is 36.5 Å². The molecule has 0 radical (unpaired) electrons. The predicted octanol–water partition coefficient (Wildman–Crippen LogP) is 4.09. The number of anilines is 2. The highest BCUT2D eigenvalue weighted by Crippen LogP contribution is 2.25. The lowest BCUT2D eigenvalue weighted by atomic mass is 10.1. The summed E-state index contributed by atoms with van der Waals surface area (Å²) in [5, 5.41) is 16.1. The van der Waals surface area contributed by atoms with Crippen molar-refractivity contribution in [3.63, 3.8) is 0 Å². The summed E-state index contributed by atoms with van der Waals surface area (Å²) < 4.78 is 7.12. The number of amides is 1. The molecule has 10 heteroatoms. The van der Waals surface area contributed by atoms with Crippen LogP contribution in [0.2, 0.25) is 5.15 Å². The number of carbonyl (C=O) groups is 1. The predicted molar refractivity (Wildman–Crippen MR) is 139 cm³/mol. The Morgan fingerprint density at radius 1 is 1.03 bits per heavy atom. The first-order valence-corrected chi connectivity index (χ1v) is 12.2. The van der Waals surface area contributed by atoms with Gasteiger partial charge in [0.1, 0.15) is 5.82 Å². The summed E-state index contributed by atoms with van der Waals surface area (Å²) in [7, 11) is 0. The van der Waals surface area contributed by atoms with E-state index in [-0.39, 0.29) is 12.3 Å². The minimum atomic E-state index is -0.103. The zero-order valence-corrected chi connectivity index (χ0v) is 20.6. The Morgan fingerprint density at radius 3 is 2.50 bits per heavy atom. The van der Waals surface area contributed by atoms with Crippen molar-refractivity contribution in [2.24, 2.45) is 0 Å². The third kappa shape index (κ3) is 5.69. The molecule has 1 aliphatic heterocycles. The largest absolute Gasteiger partial charge is 0.378 e. The smallest absolute Gasteiger partial charge is 0.224 e. The zero-order chi connectivity index (χ0) is 24.9. The van der Waals surface area contributed by atoms with Crippen LogP contribution in [0.15, 0.2) is 60.8 Å². The molecule has 0 spiro atoms. The van der Waals surface area contributed by atoms with Gasteiger partial charge in [-0.1, -0.05) is 41.4 Å². The Kier molecular flexibility index (Phi) is 7.20. The third-order valence-corrected chi connectivity index (χ3v) is 6.12. The number of nitrogens with zero attached hydrogens (tertiary/aromatic N) is 6. The molecular weight excluding hydrogens is 478 g/mol. The molecule has 184 valence electrons. The first-order valence-electron chi connectivity index (χ1n) is 11.8. The van der Waals surface area contributed by atoms with Crippen LogP contribution in [-0.2, 0) is 16.0 Å². The molecule has 1 aliphatic rings. The number of benzene rings is 1. The highest BCUT2D eigenvalue weighted by Gasteiger charge is 2.15. The molecule has 0 atom stereocenters. The van der Waals surface area contributed by atoms with E-state index in [9.17, 15) is 4.79 Å². The molecule has 4 aromatic rings. The first kappa shape index (κ1) is 23.9. The number of rotatable bonds is 7. The van der Waals surface area contributed by atoms with E-state index in [1.807, 2.05) is 49.4 Å². The maximum Gasteiger partial charge on any atom is 0.224 e. The molecule has 1 saturated heterocycles.